The first-order chi connectivity index (χ1) is 7.11. The number of nitrogens with zero attached hydrogens (tertiary/aromatic N) is 2. The zero-order valence-electron chi connectivity index (χ0n) is 9.40. The maximum absolute atomic E-state index is 11.5. The zero-order chi connectivity index (χ0) is 11.3. The Morgan fingerprint density at radius 3 is 2.60 bits per heavy atom. The van der Waals surface area contributed by atoms with Gasteiger partial charge in [-0.15, -0.1) is 0 Å². The molecule has 0 bridgehead atoms. The molecule has 0 aromatic carbocycles. The van der Waals surface area contributed by atoms with Crippen molar-refractivity contribution in [2.24, 2.45) is 0 Å². The third kappa shape index (κ3) is 3.67. The first kappa shape index (κ1) is 11.7. The normalized spacial score (nSPS) is 12.2. The monoisotopic (exact) mass is 207 g/mol. The Hall–Kier alpha value is -1.42. The molecule has 0 saturated carbocycles. The van der Waals surface area contributed by atoms with E-state index in [1.165, 1.54) is 0 Å². The van der Waals surface area contributed by atoms with Crippen molar-refractivity contribution in [3.63, 3.8) is 0 Å². The van der Waals surface area contributed by atoms with Gasteiger partial charge in [-0.25, -0.2) is 0 Å². The van der Waals surface area contributed by atoms with Gasteiger partial charge in [-0.05, 0) is 24.6 Å². The van der Waals surface area contributed by atoms with Crippen molar-refractivity contribution < 1.29 is 4.79 Å². The highest BCUT2D eigenvalue weighted by Gasteiger charge is 2.13. The van der Waals surface area contributed by atoms with Crippen molar-refractivity contribution in [1.29, 1.82) is 0 Å². The standard InChI is InChI=1S/C11H17N3O/c1-9(11(15)14(2)3)13-8-10-4-6-12-7-5-10/h4-7,9,13H,8H2,1-3H3/t9-/m1/s1. The van der Waals surface area contributed by atoms with E-state index in [9.17, 15) is 4.79 Å². The number of amides is 1. The van der Waals surface area contributed by atoms with Crippen LogP contribution in [0.3, 0.4) is 0 Å². The summed E-state index contributed by atoms with van der Waals surface area (Å²) in [7, 11) is 3.51. The number of carbonyl (C=O) groups is 1. The van der Waals surface area contributed by atoms with E-state index >= 15 is 0 Å². The maximum atomic E-state index is 11.5. The molecule has 1 amide bonds. The third-order valence-corrected chi connectivity index (χ3v) is 2.17. The van der Waals surface area contributed by atoms with Crippen LogP contribution in [-0.2, 0) is 11.3 Å². The second-order valence-corrected chi connectivity index (χ2v) is 3.69. The van der Waals surface area contributed by atoms with Crippen LogP contribution in [0.25, 0.3) is 0 Å². The van der Waals surface area contributed by atoms with Crippen LogP contribution in [0.2, 0.25) is 0 Å². The highest BCUT2D eigenvalue weighted by atomic mass is 16.2. The van der Waals surface area contributed by atoms with Crippen molar-refractivity contribution in [3.05, 3.63) is 30.1 Å². The number of hydrogen-bond acceptors (Lipinski definition) is 3. The van der Waals surface area contributed by atoms with Crippen LogP contribution in [-0.4, -0.2) is 35.9 Å². The van der Waals surface area contributed by atoms with Gasteiger partial charge in [0.15, 0.2) is 0 Å². The molecule has 4 heteroatoms. The van der Waals surface area contributed by atoms with Gasteiger partial charge in [0.25, 0.3) is 0 Å². The molecule has 1 N–H and O–H groups in total. The predicted molar refractivity (Wildman–Crippen MR) is 59.2 cm³/mol. The van der Waals surface area contributed by atoms with Crippen molar-refractivity contribution in [2.75, 3.05) is 14.1 Å². The summed E-state index contributed by atoms with van der Waals surface area (Å²) in [5, 5.41) is 3.16. The summed E-state index contributed by atoms with van der Waals surface area (Å²) >= 11 is 0. The van der Waals surface area contributed by atoms with Crippen molar-refractivity contribution in [2.45, 2.75) is 19.5 Å². The fraction of sp³-hybridized carbons (Fsp3) is 0.455. The number of nitrogens with one attached hydrogen (secondary N) is 1. The topological polar surface area (TPSA) is 45.2 Å². The van der Waals surface area contributed by atoms with Crippen LogP contribution in [0.4, 0.5) is 0 Å². The van der Waals surface area contributed by atoms with Crippen molar-refractivity contribution in [1.82, 2.24) is 15.2 Å². The number of pyridine rings is 1. The van der Waals surface area contributed by atoms with E-state index in [0.717, 1.165) is 5.56 Å². The van der Waals surface area contributed by atoms with E-state index in [1.54, 1.807) is 31.4 Å². The summed E-state index contributed by atoms with van der Waals surface area (Å²) in [5.41, 5.74) is 1.13. The Kier molecular flexibility index (Phi) is 4.24. The van der Waals surface area contributed by atoms with E-state index in [-0.39, 0.29) is 11.9 Å². The number of rotatable bonds is 4. The SMILES string of the molecule is C[C@@H](NCc1ccncc1)C(=O)N(C)C. The van der Waals surface area contributed by atoms with Gasteiger partial charge in [0.2, 0.25) is 5.91 Å². The summed E-state index contributed by atoms with van der Waals surface area (Å²) in [5.74, 6) is 0.0871. The molecule has 0 aliphatic heterocycles. The van der Waals surface area contributed by atoms with E-state index in [0.29, 0.717) is 6.54 Å². The predicted octanol–water partition coefficient (Wildman–Crippen LogP) is 0.648. The maximum Gasteiger partial charge on any atom is 0.238 e. The lowest BCUT2D eigenvalue weighted by atomic mass is 10.2. The molecule has 1 heterocycles. The minimum Gasteiger partial charge on any atom is -0.347 e. The summed E-state index contributed by atoms with van der Waals surface area (Å²) in [6.07, 6.45) is 3.49. The number of aromatic nitrogens is 1. The second-order valence-electron chi connectivity index (χ2n) is 3.69. The highest BCUT2D eigenvalue weighted by molar-refractivity contribution is 5.80. The van der Waals surface area contributed by atoms with Gasteiger partial charge in [0.05, 0.1) is 6.04 Å². The second kappa shape index (κ2) is 5.46. The van der Waals surface area contributed by atoms with Crippen LogP contribution >= 0.6 is 0 Å². The van der Waals surface area contributed by atoms with Crippen LogP contribution in [0.5, 0.6) is 0 Å². The number of carbonyl (C=O) groups excluding carboxylic acids is 1. The zero-order valence-corrected chi connectivity index (χ0v) is 9.40. The molecule has 4 nitrogen and oxygen atoms in total. The van der Waals surface area contributed by atoms with Gasteiger partial charge in [0, 0.05) is 33.0 Å². The van der Waals surface area contributed by atoms with Crippen LogP contribution < -0.4 is 5.32 Å². The number of hydrogen-bond donors (Lipinski definition) is 1. The fourth-order valence-electron chi connectivity index (χ4n) is 1.25. The molecule has 0 fully saturated rings. The van der Waals surface area contributed by atoms with Crippen molar-refractivity contribution in [3.8, 4) is 0 Å². The Morgan fingerprint density at radius 2 is 2.07 bits per heavy atom. The highest BCUT2D eigenvalue weighted by Crippen LogP contribution is 1.97. The molecular formula is C11H17N3O. The number of likely N-dealkylation sites (N-methyl/N-ethyl adjacent to an activating group) is 1. The first-order valence-electron chi connectivity index (χ1n) is 4.94. The average molecular weight is 207 g/mol. The average Bonchev–Trinajstić information content (AvgIpc) is 2.26. The summed E-state index contributed by atoms with van der Waals surface area (Å²) < 4.78 is 0. The van der Waals surface area contributed by atoms with E-state index in [4.69, 9.17) is 0 Å². The molecule has 0 radical (unpaired) electrons. The van der Waals surface area contributed by atoms with Gasteiger partial charge in [-0.1, -0.05) is 0 Å². The quantitative estimate of drug-likeness (QED) is 0.788. The molecule has 1 aromatic heterocycles. The smallest absolute Gasteiger partial charge is 0.238 e. The molecule has 82 valence electrons. The lowest BCUT2D eigenvalue weighted by Gasteiger charge is -2.17. The molecule has 0 saturated heterocycles. The molecule has 0 unspecified atom stereocenters. The summed E-state index contributed by atoms with van der Waals surface area (Å²) in [6, 6.07) is 3.70. The summed E-state index contributed by atoms with van der Waals surface area (Å²) in [4.78, 5) is 17.0. The molecule has 0 spiro atoms. The van der Waals surface area contributed by atoms with E-state index in [1.807, 2.05) is 19.1 Å². The Bertz CT molecular complexity index is 311. The molecule has 1 atom stereocenters. The van der Waals surface area contributed by atoms with Gasteiger partial charge >= 0.3 is 0 Å². The largest absolute Gasteiger partial charge is 0.347 e. The molecule has 0 aliphatic carbocycles. The van der Waals surface area contributed by atoms with Gasteiger partial charge < -0.3 is 10.2 Å². The molecular weight excluding hydrogens is 190 g/mol. The van der Waals surface area contributed by atoms with E-state index < -0.39 is 0 Å². The van der Waals surface area contributed by atoms with Crippen molar-refractivity contribution >= 4 is 5.91 Å². The first-order valence-corrected chi connectivity index (χ1v) is 4.94. The Balaban J connectivity index is 2.41. The Labute approximate surface area is 90.3 Å². The van der Waals surface area contributed by atoms with E-state index in [2.05, 4.69) is 10.3 Å². The van der Waals surface area contributed by atoms with Gasteiger partial charge in [-0.2, -0.15) is 0 Å². The molecule has 15 heavy (non-hydrogen) atoms. The minimum atomic E-state index is -0.159. The molecule has 0 aliphatic rings. The molecule has 1 rings (SSSR count). The molecule has 1 aromatic rings. The van der Waals surface area contributed by atoms with Gasteiger partial charge in [0.1, 0.15) is 0 Å². The Morgan fingerprint density at radius 1 is 1.47 bits per heavy atom. The fourth-order valence-corrected chi connectivity index (χ4v) is 1.25. The lowest BCUT2D eigenvalue weighted by molar-refractivity contribution is -0.130. The van der Waals surface area contributed by atoms with Crippen LogP contribution in [0.15, 0.2) is 24.5 Å². The third-order valence-electron chi connectivity index (χ3n) is 2.17. The summed E-state index contributed by atoms with van der Waals surface area (Å²) in [6.45, 7) is 2.55. The lowest BCUT2D eigenvalue weighted by Crippen LogP contribution is -2.41. The van der Waals surface area contributed by atoms with Crippen LogP contribution in [0, 0.1) is 0 Å². The van der Waals surface area contributed by atoms with Crippen LogP contribution in [0.1, 0.15) is 12.5 Å². The minimum absolute atomic E-state index is 0.0871. The van der Waals surface area contributed by atoms with Gasteiger partial charge in [-0.3, -0.25) is 9.78 Å².